The molecule has 0 spiro atoms. The second-order valence-electron chi connectivity index (χ2n) is 5.44. The van der Waals surface area contributed by atoms with Gasteiger partial charge in [-0.15, -0.1) is 0 Å². The molecule has 1 fully saturated rings. The highest BCUT2D eigenvalue weighted by Crippen LogP contribution is 2.31. The molecule has 0 N–H and O–H groups in total. The van der Waals surface area contributed by atoms with Crippen LogP contribution in [0.2, 0.25) is 5.02 Å². The Hall–Kier alpha value is -2.02. The topological polar surface area (TPSA) is 38.8 Å². The number of thioether (sulfide) groups is 1. The molecule has 26 heavy (non-hydrogen) atoms. The summed E-state index contributed by atoms with van der Waals surface area (Å²) in [5, 5.41) is 0.572. The van der Waals surface area contributed by atoms with E-state index >= 15 is 0 Å². The van der Waals surface area contributed by atoms with Crippen molar-refractivity contribution in [1.82, 2.24) is 4.90 Å². The molecule has 1 saturated heterocycles. The third kappa shape index (κ3) is 4.58. The van der Waals surface area contributed by atoms with Gasteiger partial charge in [0.05, 0.1) is 9.93 Å². The first kappa shape index (κ1) is 18.8. The van der Waals surface area contributed by atoms with E-state index in [4.69, 9.17) is 33.3 Å². The summed E-state index contributed by atoms with van der Waals surface area (Å²) in [5.74, 6) is 1.25. The van der Waals surface area contributed by atoms with Crippen molar-refractivity contribution in [1.29, 1.82) is 0 Å². The molecule has 0 saturated carbocycles. The van der Waals surface area contributed by atoms with Crippen LogP contribution in [0.3, 0.4) is 0 Å². The lowest BCUT2D eigenvalue weighted by atomic mass is 10.2. The summed E-state index contributed by atoms with van der Waals surface area (Å²) in [6.07, 6.45) is 1.82. The monoisotopic (exact) mass is 405 g/mol. The molecule has 2 aromatic carbocycles. The number of rotatable bonds is 6. The molecule has 7 heteroatoms. The molecule has 1 aliphatic heterocycles. The zero-order valence-electron chi connectivity index (χ0n) is 14.0. The molecule has 0 bridgehead atoms. The smallest absolute Gasteiger partial charge is 0.265 e. The minimum Gasteiger partial charge on any atom is -0.490 e. The van der Waals surface area contributed by atoms with Gasteiger partial charge < -0.3 is 9.47 Å². The Balaban J connectivity index is 1.57. The number of likely N-dealkylation sites (N-methyl/N-ethyl adjacent to an activating group) is 1. The predicted molar refractivity (Wildman–Crippen MR) is 110 cm³/mol. The lowest BCUT2D eigenvalue weighted by molar-refractivity contribution is -0.121. The number of para-hydroxylation sites is 1. The number of nitrogens with zero attached hydrogens (tertiary/aromatic N) is 1. The fourth-order valence-electron chi connectivity index (χ4n) is 2.26. The lowest BCUT2D eigenvalue weighted by Crippen LogP contribution is -2.22. The number of hydrogen-bond donors (Lipinski definition) is 0. The average molecular weight is 406 g/mol. The summed E-state index contributed by atoms with van der Waals surface area (Å²) >= 11 is 12.5. The normalized spacial score (nSPS) is 15.6. The molecule has 0 radical (unpaired) electrons. The van der Waals surface area contributed by atoms with Crippen LogP contribution in [0.15, 0.2) is 53.4 Å². The number of hydrogen-bond acceptors (Lipinski definition) is 5. The van der Waals surface area contributed by atoms with Gasteiger partial charge in [0.1, 0.15) is 29.0 Å². The van der Waals surface area contributed by atoms with Crippen molar-refractivity contribution in [2.75, 3.05) is 20.3 Å². The predicted octanol–water partition coefficient (Wildman–Crippen LogP) is 4.63. The Morgan fingerprint density at radius 2 is 1.92 bits per heavy atom. The van der Waals surface area contributed by atoms with Crippen molar-refractivity contribution in [3.63, 3.8) is 0 Å². The van der Waals surface area contributed by atoms with Gasteiger partial charge in [-0.3, -0.25) is 9.69 Å². The minimum atomic E-state index is -0.0838. The number of carbonyl (C=O) groups excluding carboxylic acids is 1. The van der Waals surface area contributed by atoms with Crippen LogP contribution in [-0.4, -0.2) is 35.4 Å². The molecule has 0 atom stereocenters. The highest BCUT2D eigenvalue weighted by Gasteiger charge is 2.28. The quantitative estimate of drug-likeness (QED) is 0.398. The summed E-state index contributed by atoms with van der Waals surface area (Å²) in [6.45, 7) is 0.758. The summed E-state index contributed by atoms with van der Waals surface area (Å²) in [6, 6.07) is 14.8. The van der Waals surface area contributed by atoms with Crippen molar-refractivity contribution in [3.05, 3.63) is 64.0 Å². The van der Waals surface area contributed by atoms with Crippen LogP contribution in [0.5, 0.6) is 11.5 Å². The Bertz CT molecular complexity index is 869. The number of amides is 1. The molecule has 1 aliphatic rings. The van der Waals surface area contributed by atoms with E-state index in [2.05, 4.69) is 0 Å². The van der Waals surface area contributed by atoms with E-state index in [1.54, 1.807) is 13.1 Å². The van der Waals surface area contributed by atoms with E-state index < -0.39 is 0 Å². The Kier molecular flexibility index (Phi) is 6.19. The fraction of sp³-hybridized carbons (Fsp3) is 0.158. The third-order valence-electron chi connectivity index (χ3n) is 3.59. The maximum absolute atomic E-state index is 12.1. The minimum absolute atomic E-state index is 0.0838. The summed E-state index contributed by atoms with van der Waals surface area (Å²) in [5.41, 5.74) is 0.878. The fourth-order valence-corrected chi connectivity index (χ4v) is 3.63. The van der Waals surface area contributed by atoms with Crippen molar-refractivity contribution in [2.24, 2.45) is 0 Å². The van der Waals surface area contributed by atoms with Gasteiger partial charge in [0.15, 0.2) is 0 Å². The molecule has 0 aliphatic carbocycles. The van der Waals surface area contributed by atoms with Crippen LogP contribution in [0.4, 0.5) is 0 Å². The largest absolute Gasteiger partial charge is 0.490 e. The van der Waals surface area contributed by atoms with E-state index in [0.717, 1.165) is 5.56 Å². The van der Waals surface area contributed by atoms with Gasteiger partial charge in [-0.05, 0) is 35.9 Å². The van der Waals surface area contributed by atoms with Gasteiger partial charge in [-0.2, -0.15) is 0 Å². The second kappa shape index (κ2) is 8.58. The molecular formula is C19H16ClNO3S2. The molecule has 1 amide bonds. The van der Waals surface area contributed by atoms with Gasteiger partial charge in [-0.1, -0.05) is 59.8 Å². The van der Waals surface area contributed by atoms with Crippen molar-refractivity contribution in [2.45, 2.75) is 0 Å². The van der Waals surface area contributed by atoms with Gasteiger partial charge in [-0.25, -0.2) is 0 Å². The van der Waals surface area contributed by atoms with Crippen LogP contribution < -0.4 is 9.47 Å². The molecular weight excluding hydrogens is 390 g/mol. The Labute approximate surface area is 166 Å². The standard InChI is InChI=1S/C19H16ClNO3S2/c1-21-18(22)17(26-19(21)25)12-13-5-4-6-14(11-13)23-9-10-24-16-8-3-2-7-15(16)20/h2-8,11-12H,9-10H2,1H3/b17-12-. The van der Waals surface area contributed by atoms with Crippen molar-refractivity contribution in [3.8, 4) is 11.5 Å². The zero-order valence-corrected chi connectivity index (χ0v) is 16.4. The van der Waals surface area contributed by atoms with Crippen molar-refractivity contribution >= 4 is 51.9 Å². The Morgan fingerprint density at radius 1 is 1.15 bits per heavy atom. The molecule has 2 aromatic rings. The first-order chi connectivity index (χ1) is 12.5. The lowest BCUT2D eigenvalue weighted by Gasteiger charge is -2.10. The van der Waals surface area contributed by atoms with Gasteiger partial charge in [0.25, 0.3) is 5.91 Å². The summed E-state index contributed by atoms with van der Waals surface area (Å²) in [4.78, 5) is 14.1. The number of carbonyl (C=O) groups is 1. The molecule has 134 valence electrons. The van der Waals surface area contributed by atoms with E-state index in [9.17, 15) is 4.79 Å². The van der Waals surface area contributed by atoms with Gasteiger partial charge >= 0.3 is 0 Å². The first-order valence-electron chi connectivity index (χ1n) is 7.86. The zero-order chi connectivity index (χ0) is 18.5. The maximum Gasteiger partial charge on any atom is 0.265 e. The second-order valence-corrected chi connectivity index (χ2v) is 7.52. The van der Waals surface area contributed by atoms with Gasteiger partial charge in [0.2, 0.25) is 0 Å². The van der Waals surface area contributed by atoms with Crippen LogP contribution in [-0.2, 0) is 4.79 Å². The first-order valence-corrected chi connectivity index (χ1v) is 9.46. The molecule has 0 unspecified atom stereocenters. The molecule has 1 heterocycles. The summed E-state index contributed by atoms with van der Waals surface area (Å²) < 4.78 is 11.9. The number of thiocarbonyl (C=S) groups is 1. The maximum atomic E-state index is 12.1. The van der Waals surface area contributed by atoms with Crippen LogP contribution >= 0.6 is 35.6 Å². The number of ether oxygens (including phenoxy) is 2. The van der Waals surface area contributed by atoms with E-state index in [1.807, 2.05) is 48.5 Å². The third-order valence-corrected chi connectivity index (χ3v) is 5.39. The SMILES string of the molecule is CN1C(=O)/C(=C/c2cccc(OCCOc3ccccc3Cl)c2)SC1=S. The average Bonchev–Trinajstić information content (AvgIpc) is 2.87. The molecule has 0 aromatic heterocycles. The highest BCUT2D eigenvalue weighted by atomic mass is 35.5. The Morgan fingerprint density at radius 3 is 2.65 bits per heavy atom. The molecule has 3 rings (SSSR count). The number of benzene rings is 2. The summed E-state index contributed by atoms with van der Waals surface area (Å²) in [7, 11) is 1.68. The van der Waals surface area contributed by atoms with E-state index in [-0.39, 0.29) is 5.91 Å². The van der Waals surface area contributed by atoms with E-state index in [0.29, 0.717) is 39.0 Å². The van der Waals surface area contributed by atoms with Crippen LogP contribution in [0.1, 0.15) is 5.56 Å². The van der Waals surface area contributed by atoms with Crippen LogP contribution in [0.25, 0.3) is 6.08 Å². The van der Waals surface area contributed by atoms with E-state index in [1.165, 1.54) is 16.7 Å². The number of halogens is 1. The van der Waals surface area contributed by atoms with Crippen LogP contribution in [0, 0.1) is 0 Å². The van der Waals surface area contributed by atoms with Gasteiger partial charge in [0, 0.05) is 7.05 Å². The van der Waals surface area contributed by atoms with Crippen molar-refractivity contribution < 1.29 is 14.3 Å². The molecule has 4 nitrogen and oxygen atoms in total. The highest BCUT2D eigenvalue weighted by molar-refractivity contribution is 8.26.